The second-order valence-corrected chi connectivity index (χ2v) is 4.54. The van der Waals surface area contributed by atoms with Gasteiger partial charge in [0.25, 0.3) is 0 Å². The van der Waals surface area contributed by atoms with Crippen molar-refractivity contribution >= 4 is 5.97 Å². The molecule has 0 N–H and O–H groups in total. The number of carbonyl (C=O) groups is 1. The maximum atomic E-state index is 11.5. The topological polar surface area (TPSA) is 29.5 Å². The van der Waals surface area contributed by atoms with Crippen LogP contribution in [-0.2, 0) is 9.53 Å². The van der Waals surface area contributed by atoms with Gasteiger partial charge in [0.05, 0.1) is 13.0 Å². The Balaban J connectivity index is 2.59. The Morgan fingerprint density at radius 1 is 1.36 bits per heavy atom. The Hall–Kier alpha value is -0.570. The highest BCUT2D eigenvalue weighted by Gasteiger charge is 2.33. The fourth-order valence-electron chi connectivity index (χ4n) is 2.25. The van der Waals surface area contributed by atoms with E-state index in [2.05, 4.69) is 25.9 Å². The summed E-state index contributed by atoms with van der Waals surface area (Å²) in [7, 11) is 5.64. The molecule has 0 aromatic rings. The van der Waals surface area contributed by atoms with E-state index < -0.39 is 0 Å². The molecule has 0 heterocycles. The number of carbonyl (C=O) groups excluding carboxylic acids is 1. The van der Waals surface area contributed by atoms with E-state index in [4.69, 9.17) is 4.74 Å². The summed E-state index contributed by atoms with van der Waals surface area (Å²) in [6, 6.07) is 0.537. The van der Waals surface area contributed by atoms with Gasteiger partial charge in [-0.2, -0.15) is 0 Å². The van der Waals surface area contributed by atoms with Crippen LogP contribution in [0, 0.1) is 11.8 Å². The minimum absolute atomic E-state index is 0.0379. The van der Waals surface area contributed by atoms with Crippen molar-refractivity contribution in [3.8, 4) is 0 Å². The maximum absolute atomic E-state index is 11.5. The summed E-state index contributed by atoms with van der Waals surface area (Å²) in [5.41, 5.74) is 0. The first kappa shape index (κ1) is 11.5. The summed E-state index contributed by atoms with van der Waals surface area (Å²) < 4.78 is 4.83. The molecule has 3 nitrogen and oxygen atoms in total. The van der Waals surface area contributed by atoms with Crippen LogP contribution in [0.15, 0.2) is 0 Å². The molecule has 0 aromatic heterocycles. The van der Waals surface area contributed by atoms with Crippen LogP contribution in [0.2, 0.25) is 0 Å². The Morgan fingerprint density at radius 2 is 2.00 bits per heavy atom. The number of rotatable bonds is 2. The molecule has 0 bridgehead atoms. The lowest BCUT2D eigenvalue weighted by Crippen LogP contribution is -2.39. The number of ether oxygens (including phenoxy) is 1. The number of hydrogen-bond donors (Lipinski definition) is 0. The SMILES string of the molecule is COC(=O)C1CC(N(C)C)CCC1C. The van der Waals surface area contributed by atoms with E-state index in [1.165, 1.54) is 13.5 Å². The fraction of sp³-hybridized carbons (Fsp3) is 0.909. The van der Waals surface area contributed by atoms with Crippen LogP contribution >= 0.6 is 0 Å². The van der Waals surface area contributed by atoms with Gasteiger partial charge >= 0.3 is 5.97 Å². The van der Waals surface area contributed by atoms with Gasteiger partial charge in [-0.1, -0.05) is 6.92 Å². The fourth-order valence-corrected chi connectivity index (χ4v) is 2.25. The van der Waals surface area contributed by atoms with E-state index >= 15 is 0 Å². The average molecular weight is 199 g/mol. The Morgan fingerprint density at radius 3 is 2.50 bits per heavy atom. The molecule has 0 amide bonds. The molecular weight excluding hydrogens is 178 g/mol. The number of esters is 1. The molecule has 1 aliphatic carbocycles. The predicted molar refractivity (Wildman–Crippen MR) is 56.0 cm³/mol. The third-order valence-corrected chi connectivity index (χ3v) is 3.40. The van der Waals surface area contributed by atoms with Gasteiger partial charge in [0.15, 0.2) is 0 Å². The molecular formula is C11H21NO2. The quantitative estimate of drug-likeness (QED) is 0.632. The Kier molecular flexibility index (Phi) is 3.93. The van der Waals surface area contributed by atoms with E-state index in [9.17, 15) is 4.79 Å². The van der Waals surface area contributed by atoms with Crippen LogP contribution < -0.4 is 0 Å². The minimum atomic E-state index is -0.0379. The van der Waals surface area contributed by atoms with Gasteiger partial charge in [0.1, 0.15) is 0 Å². The first-order valence-corrected chi connectivity index (χ1v) is 5.30. The molecule has 0 spiro atoms. The molecule has 3 heteroatoms. The van der Waals surface area contributed by atoms with Crippen LogP contribution in [0.5, 0.6) is 0 Å². The van der Waals surface area contributed by atoms with E-state index in [0.717, 1.165) is 12.8 Å². The standard InChI is InChI=1S/C11H21NO2/c1-8-5-6-9(12(2)3)7-10(8)11(13)14-4/h8-10H,5-7H2,1-4H3. The van der Waals surface area contributed by atoms with Gasteiger partial charge in [-0.25, -0.2) is 0 Å². The predicted octanol–water partition coefficient (Wildman–Crippen LogP) is 1.53. The molecule has 3 unspecified atom stereocenters. The van der Waals surface area contributed by atoms with Gasteiger partial charge in [-0.3, -0.25) is 4.79 Å². The monoisotopic (exact) mass is 199 g/mol. The highest BCUT2D eigenvalue weighted by molar-refractivity contribution is 5.72. The van der Waals surface area contributed by atoms with Crippen molar-refractivity contribution in [2.24, 2.45) is 11.8 Å². The second-order valence-electron chi connectivity index (χ2n) is 4.54. The van der Waals surface area contributed by atoms with Gasteiger partial charge in [0.2, 0.25) is 0 Å². The molecule has 1 rings (SSSR count). The minimum Gasteiger partial charge on any atom is -0.469 e. The lowest BCUT2D eigenvalue weighted by atomic mass is 9.77. The van der Waals surface area contributed by atoms with Crippen molar-refractivity contribution in [2.45, 2.75) is 32.2 Å². The van der Waals surface area contributed by atoms with Crippen molar-refractivity contribution in [3.63, 3.8) is 0 Å². The molecule has 1 saturated carbocycles. The Labute approximate surface area is 86.4 Å². The molecule has 0 aliphatic heterocycles. The number of nitrogens with zero attached hydrogens (tertiary/aromatic N) is 1. The number of methoxy groups -OCH3 is 1. The molecule has 3 atom stereocenters. The molecule has 1 aliphatic rings. The van der Waals surface area contributed by atoms with Gasteiger partial charge in [-0.15, -0.1) is 0 Å². The zero-order valence-electron chi connectivity index (χ0n) is 9.62. The normalized spacial score (nSPS) is 33.1. The third-order valence-electron chi connectivity index (χ3n) is 3.40. The summed E-state index contributed by atoms with van der Waals surface area (Å²) >= 11 is 0. The molecule has 0 saturated heterocycles. The Bertz CT molecular complexity index is 203. The summed E-state index contributed by atoms with van der Waals surface area (Å²) in [6.07, 6.45) is 3.27. The zero-order valence-corrected chi connectivity index (χ0v) is 9.62. The van der Waals surface area contributed by atoms with Crippen LogP contribution in [0.25, 0.3) is 0 Å². The highest BCUT2D eigenvalue weighted by atomic mass is 16.5. The maximum Gasteiger partial charge on any atom is 0.308 e. The molecule has 14 heavy (non-hydrogen) atoms. The highest BCUT2D eigenvalue weighted by Crippen LogP contribution is 2.32. The van der Waals surface area contributed by atoms with Crippen LogP contribution in [0.3, 0.4) is 0 Å². The van der Waals surface area contributed by atoms with Crippen molar-refractivity contribution in [3.05, 3.63) is 0 Å². The van der Waals surface area contributed by atoms with E-state index in [-0.39, 0.29) is 11.9 Å². The average Bonchev–Trinajstić information content (AvgIpc) is 2.17. The van der Waals surface area contributed by atoms with Crippen molar-refractivity contribution in [1.29, 1.82) is 0 Å². The largest absolute Gasteiger partial charge is 0.469 e. The van der Waals surface area contributed by atoms with Gasteiger partial charge < -0.3 is 9.64 Å². The van der Waals surface area contributed by atoms with Crippen LogP contribution in [0.4, 0.5) is 0 Å². The summed E-state index contributed by atoms with van der Waals surface area (Å²) in [4.78, 5) is 13.7. The summed E-state index contributed by atoms with van der Waals surface area (Å²) in [6.45, 7) is 2.15. The van der Waals surface area contributed by atoms with E-state index in [1.54, 1.807) is 0 Å². The zero-order chi connectivity index (χ0) is 10.7. The molecule has 0 aromatic carbocycles. The third kappa shape index (κ3) is 2.47. The molecule has 0 radical (unpaired) electrons. The summed E-state index contributed by atoms with van der Waals surface area (Å²) in [5, 5.41) is 0. The lowest BCUT2D eigenvalue weighted by molar-refractivity contribution is -0.149. The molecule has 1 fully saturated rings. The van der Waals surface area contributed by atoms with E-state index in [0.29, 0.717) is 12.0 Å². The summed E-state index contributed by atoms with van der Waals surface area (Å²) in [5.74, 6) is 0.531. The first-order chi connectivity index (χ1) is 6.56. The van der Waals surface area contributed by atoms with Crippen LogP contribution in [0.1, 0.15) is 26.2 Å². The smallest absolute Gasteiger partial charge is 0.308 e. The van der Waals surface area contributed by atoms with Crippen molar-refractivity contribution in [1.82, 2.24) is 4.90 Å². The lowest BCUT2D eigenvalue weighted by Gasteiger charge is -2.35. The van der Waals surface area contributed by atoms with Crippen molar-refractivity contribution < 1.29 is 9.53 Å². The molecule has 82 valence electrons. The van der Waals surface area contributed by atoms with Gasteiger partial charge in [-0.05, 0) is 39.3 Å². The van der Waals surface area contributed by atoms with Crippen molar-refractivity contribution in [2.75, 3.05) is 21.2 Å². The second kappa shape index (κ2) is 4.78. The van der Waals surface area contributed by atoms with Crippen LogP contribution in [-0.4, -0.2) is 38.1 Å². The van der Waals surface area contributed by atoms with E-state index in [1.807, 2.05) is 0 Å². The van der Waals surface area contributed by atoms with Gasteiger partial charge in [0, 0.05) is 6.04 Å². The number of hydrogen-bond acceptors (Lipinski definition) is 3. The first-order valence-electron chi connectivity index (χ1n) is 5.30.